The van der Waals surface area contributed by atoms with Gasteiger partial charge in [0.2, 0.25) is 0 Å². The molecule has 0 saturated carbocycles. The van der Waals surface area contributed by atoms with Crippen LogP contribution in [0.3, 0.4) is 0 Å². The molecule has 1 amide bonds. The SMILES string of the molecule is COc1cc(OC)c2c(c1)N(C(=O)c1cc3ccccc3oc1=O)CCC2. The highest BCUT2D eigenvalue weighted by molar-refractivity contribution is 6.08. The first kappa shape index (κ1) is 17.1. The third kappa shape index (κ3) is 2.93. The molecule has 0 bridgehead atoms. The normalized spacial score (nSPS) is 13.3. The van der Waals surface area contributed by atoms with Crippen LogP contribution in [0.4, 0.5) is 5.69 Å². The van der Waals surface area contributed by atoms with Crippen LogP contribution >= 0.6 is 0 Å². The molecule has 2 heterocycles. The maximum atomic E-state index is 13.2. The van der Waals surface area contributed by atoms with Gasteiger partial charge in [-0.15, -0.1) is 0 Å². The Kier molecular flexibility index (Phi) is 4.32. The highest BCUT2D eigenvalue weighted by Gasteiger charge is 2.28. The lowest BCUT2D eigenvalue weighted by atomic mass is 9.99. The highest BCUT2D eigenvalue weighted by atomic mass is 16.5. The first-order valence-corrected chi connectivity index (χ1v) is 8.72. The van der Waals surface area contributed by atoms with Crippen molar-refractivity contribution in [1.82, 2.24) is 0 Å². The number of methoxy groups -OCH3 is 2. The summed E-state index contributed by atoms with van der Waals surface area (Å²) in [6.07, 6.45) is 1.57. The van der Waals surface area contributed by atoms with E-state index in [0.29, 0.717) is 34.7 Å². The van der Waals surface area contributed by atoms with Gasteiger partial charge in [-0.25, -0.2) is 4.79 Å². The number of nitrogens with zero attached hydrogens (tertiary/aromatic N) is 1. The van der Waals surface area contributed by atoms with Crippen LogP contribution in [0.25, 0.3) is 11.0 Å². The molecule has 1 aliphatic heterocycles. The zero-order valence-corrected chi connectivity index (χ0v) is 15.2. The van der Waals surface area contributed by atoms with Gasteiger partial charge < -0.3 is 18.8 Å². The van der Waals surface area contributed by atoms with E-state index in [0.717, 1.165) is 18.4 Å². The first-order chi connectivity index (χ1) is 13.1. The van der Waals surface area contributed by atoms with Gasteiger partial charge in [-0.2, -0.15) is 0 Å². The summed E-state index contributed by atoms with van der Waals surface area (Å²) in [6, 6.07) is 12.3. The standard InChI is InChI=1S/C21H19NO5/c1-25-14-11-17-15(19(12-14)26-2)7-5-9-22(17)20(23)16-10-13-6-3-4-8-18(13)27-21(16)24/h3-4,6,8,10-12H,5,7,9H2,1-2H3. The molecule has 3 aromatic rings. The fourth-order valence-electron chi connectivity index (χ4n) is 3.50. The second-order valence-corrected chi connectivity index (χ2v) is 6.37. The monoisotopic (exact) mass is 365 g/mol. The van der Waals surface area contributed by atoms with E-state index in [1.54, 1.807) is 49.5 Å². The second kappa shape index (κ2) is 6.79. The Morgan fingerprint density at radius 2 is 1.93 bits per heavy atom. The lowest BCUT2D eigenvalue weighted by Gasteiger charge is -2.30. The molecule has 138 valence electrons. The number of carbonyl (C=O) groups is 1. The Balaban J connectivity index is 1.83. The zero-order valence-electron chi connectivity index (χ0n) is 15.2. The average molecular weight is 365 g/mol. The van der Waals surface area contributed by atoms with E-state index in [1.807, 2.05) is 12.1 Å². The van der Waals surface area contributed by atoms with Crippen LogP contribution in [0.15, 0.2) is 51.7 Å². The van der Waals surface area contributed by atoms with Crippen molar-refractivity contribution in [3.05, 3.63) is 64.0 Å². The van der Waals surface area contributed by atoms with Crippen molar-refractivity contribution in [3.8, 4) is 11.5 Å². The van der Waals surface area contributed by atoms with Crippen molar-refractivity contribution >= 4 is 22.6 Å². The molecule has 1 aromatic heterocycles. The van der Waals surface area contributed by atoms with Crippen LogP contribution in [-0.4, -0.2) is 26.7 Å². The summed E-state index contributed by atoms with van der Waals surface area (Å²) in [5.41, 5.74) is 1.48. The highest BCUT2D eigenvalue weighted by Crippen LogP contribution is 2.38. The summed E-state index contributed by atoms with van der Waals surface area (Å²) in [5.74, 6) is 0.883. The quantitative estimate of drug-likeness (QED) is 0.666. The number of rotatable bonds is 3. The Bertz CT molecular complexity index is 1090. The summed E-state index contributed by atoms with van der Waals surface area (Å²) in [5, 5.41) is 0.709. The van der Waals surface area contributed by atoms with E-state index in [2.05, 4.69) is 0 Å². The Hall–Kier alpha value is -3.28. The molecule has 0 saturated heterocycles. The Labute approximate surface area is 155 Å². The van der Waals surface area contributed by atoms with Gasteiger partial charge in [-0.3, -0.25) is 4.79 Å². The molecule has 0 N–H and O–H groups in total. The number of benzene rings is 2. The zero-order chi connectivity index (χ0) is 19.0. The molecule has 6 heteroatoms. The molecule has 2 aromatic carbocycles. The number of hydrogen-bond donors (Lipinski definition) is 0. The minimum Gasteiger partial charge on any atom is -0.497 e. The molecule has 0 spiro atoms. The van der Waals surface area contributed by atoms with Crippen LogP contribution in [0, 0.1) is 0 Å². The number of para-hydroxylation sites is 1. The van der Waals surface area contributed by atoms with Crippen LogP contribution in [0.5, 0.6) is 11.5 Å². The van der Waals surface area contributed by atoms with Gasteiger partial charge in [-0.05, 0) is 25.0 Å². The van der Waals surface area contributed by atoms with Crippen molar-refractivity contribution in [1.29, 1.82) is 0 Å². The molecule has 4 rings (SSSR count). The molecule has 0 atom stereocenters. The van der Waals surface area contributed by atoms with Gasteiger partial charge in [0.15, 0.2) is 0 Å². The maximum absolute atomic E-state index is 13.2. The Morgan fingerprint density at radius 1 is 1.11 bits per heavy atom. The number of anilines is 1. The largest absolute Gasteiger partial charge is 0.497 e. The van der Waals surface area contributed by atoms with Crippen LogP contribution < -0.4 is 20.0 Å². The van der Waals surface area contributed by atoms with Crippen molar-refractivity contribution in [3.63, 3.8) is 0 Å². The van der Waals surface area contributed by atoms with Crippen LogP contribution in [0.2, 0.25) is 0 Å². The van der Waals surface area contributed by atoms with Gasteiger partial charge in [0.05, 0.1) is 19.9 Å². The molecular weight excluding hydrogens is 346 g/mol. The van der Waals surface area contributed by atoms with E-state index in [1.165, 1.54) is 0 Å². The molecule has 6 nitrogen and oxygen atoms in total. The average Bonchev–Trinajstić information content (AvgIpc) is 2.71. The lowest BCUT2D eigenvalue weighted by Crippen LogP contribution is -2.38. The maximum Gasteiger partial charge on any atom is 0.349 e. The predicted molar refractivity (Wildman–Crippen MR) is 102 cm³/mol. The fourth-order valence-corrected chi connectivity index (χ4v) is 3.50. The number of fused-ring (bicyclic) bond motifs is 2. The third-order valence-electron chi connectivity index (χ3n) is 4.83. The minimum atomic E-state index is -0.638. The summed E-state index contributed by atoms with van der Waals surface area (Å²) >= 11 is 0. The molecule has 0 radical (unpaired) electrons. The van der Waals surface area contributed by atoms with Gasteiger partial charge >= 0.3 is 5.63 Å². The molecular formula is C21H19NO5. The molecule has 0 fully saturated rings. The van der Waals surface area contributed by atoms with Gasteiger partial charge in [0.1, 0.15) is 22.6 Å². The van der Waals surface area contributed by atoms with E-state index in [-0.39, 0.29) is 11.5 Å². The van der Waals surface area contributed by atoms with Gasteiger partial charge in [-0.1, -0.05) is 18.2 Å². The number of hydrogen-bond acceptors (Lipinski definition) is 5. The van der Waals surface area contributed by atoms with Gasteiger partial charge in [0, 0.05) is 29.6 Å². The summed E-state index contributed by atoms with van der Waals surface area (Å²) in [4.78, 5) is 27.2. The van der Waals surface area contributed by atoms with E-state index in [4.69, 9.17) is 13.9 Å². The van der Waals surface area contributed by atoms with E-state index < -0.39 is 5.63 Å². The number of amides is 1. The molecule has 0 unspecified atom stereocenters. The molecule has 1 aliphatic rings. The third-order valence-corrected chi connectivity index (χ3v) is 4.83. The lowest BCUT2D eigenvalue weighted by molar-refractivity contribution is 0.0981. The minimum absolute atomic E-state index is 0.0170. The molecule has 27 heavy (non-hydrogen) atoms. The summed E-state index contributed by atoms with van der Waals surface area (Å²) in [6.45, 7) is 0.508. The second-order valence-electron chi connectivity index (χ2n) is 6.37. The summed E-state index contributed by atoms with van der Waals surface area (Å²) < 4.78 is 16.1. The number of ether oxygens (including phenoxy) is 2. The Morgan fingerprint density at radius 3 is 2.70 bits per heavy atom. The summed E-state index contributed by atoms with van der Waals surface area (Å²) in [7, 11) is 3.15. The van der Waals surface area contributed by atoms with E-state index in [9.17, 15) is 9.59 Å². The first-order valence-electron chi connectivity index (χ1n) is 8.72. The van der Waals surface area contributed by atoms with Gasteiger partial charge in [0.25, 0.3) is 5.91 Å². The van der Waals surface area contributed by atoms with Crippen LogP contribution in [0.1, 0.15) is 22.3 Å². The van der Waals surface area contributed by atoms with Crippen molar-refractivity contribution in [2.75, 3.05) is 25.7 Å². The predicted octanol–water partition coefficient (Wildman–Crippen LogP) is 3.40. The van der Waals surface area contributed by atoms with Crippen LogP contribution in [-0.2, 0) is 6.42 Å². The number of carbonyl (C=O) groups excluding carboxylic acids is 1. The van der Waals surface area contributed by atoms with E-state index >= 15 is 0 Å². The van der Waals surface area contributed by atoms with Crippen molar-refractivity contribution in [2.24, 2.45) is 0 Å². The van der Waals surface area contributed by atoms with Crippen molar-refractivity contribution in [2.45, 2.75) is 12.8 Å². The topological polar surface area (TPSA) is 69.0 Å². The van der Waals surface area contributed by atoms with Crippen molar-refractivity contribution < 1.29 is 18.7 Å². The molecule has 0 aliphatic carbocycles. The fraction of sp³-hybridized carbons (Fsp3) is 0.238. The smallest absolute Gasteiger partial charge is 0.349 e.